The average Bonchev–Trinajstić information content (AvgIpc) is 3.46. The molecule has 0 spiro atoms. The summed E-state index contributed by atoms with van der Waals surface area (Å²) in [5.74, 6) is -1.09. The third-order valence-electron chi connectivity index (χ3n) is 5.78. The Kier molecular flexibility index (Phi) is 8.82. The maximum Gasteiger partial charge on any atom is 0.408 e. The Morgan fingerprint density at radius 2 is 1.36 bits per heavy atom. The predicted octanol–water partition coefficient (Wildman–Crippen LogP) is 8.20. The Bertz CT molecular complexity index is 1320. The Labute approximate surface area is 235 Å². The minimum atomic E-state index is -3.97. The van der Waals surface area contributed by atoms with E-state index in [9.17, 15) is 9.36 Å². The van der Waals surface area contributed by atoms with Gasteiger partial charge in [-0.05, 0) is 71.0 Å². The molecule has 7 nitrogen and oxygen atoms in total. The molecule has 1 aliphatic rings. The molecular formula is C30H37N2O5PS. The standard InChI is InChI=1S/C30H37N2O5PS/c1-19(2)36-38(34,37-20(3)4)28(27(25-17-12-18-39-25)32-29(33)35-30(5,6)7)31-26-23-15-10-8-13-21(23)22-14-9-11-16-24(22)26/h8-20,27-28H,1-7H3,(H,32,33). The van der Waals surface area contributed by atoms with Crippen molar-refractivity contribution in [1.29, 1.82) is 0 Å². The number of carbonyl (C=O) groups is 1. The second-order valence-corrected chi connectivity index (χ2v) is 14.0. The van der Waals surface area contributed by atoms with Crippen molar-refractivity contribution in [3.63, 3.8) is 0 Å². The summed E-state index contributed by atoms with van der Waals surface area (Å²) in [5.41, 5.74) is 3.89. The first-order valence-electron chi connectivity index (χ1n) is 13.1. The monoisotopic (exact) mass is 568 g/mol. The SMILES string of the molecule is CC(C)OP(=O)(OC(C)C)C(N=C1c2ccccc2-c2ccccc21)C(NC(=O)OC(C)(C)C)c1cccs1. The van der Waals surface area contributed by atoms with Crippen LogP contribution in [-0.4, -0.2) is 35.4 Å². The molecule has 2 unspecified atom stereocenters. The van der Waals surface area contributed by atoms with Crippen LogP contribution >= 0.6 is 18.9 Å². The number of aliphatic imine (C=N–C) groups is 1. The smallest absolute Gasteiger partial charge is 0.408 e. The van der Waals surface area contributed by atoms with Crippen LogP contribution in [0.4, 0.5) is 4.79 Å². The molecule has 2 aromatic carbocycles. The lowest BCUT2D eigenvalue weighted by atomic mass is 10.1. The Hall–Kier alpha value is -2.77. The van der Waals surface area contributed by atoms with E-state index < -0.39 is 43.3 Å². The number of benzene rings is 2. The van der Waals surface area contributed by atoms with Gasteiger partial charge < -0.3 is 19.1 Å². The quantitative estimate of drug-likeness (QED) is 0.206. The number of fused-ring (bicyclic) bond motifs is 3. The Morgan fingerprint density at radius 1 is 0.846 bits per heavy atom. The number of rotatable bonds is 9. The fourth-order valence-electron chi connectivity index (χ4n) is 4.53. The van der Waals surface area contributed by atoms with Crippen molar-refractivity contribution in [2.24, 2.45) is 4.99 Å². The highest BCUT2D eigenvalue weighted by Gasteiger charge is 2.46. The molecule has 3 aromatic rings. The number of ether oxygens (including phenoxy) is 1. The molecule has 0 fully saturated rings. The maximum atomic E-state index is 14.8. The fraction of sp³-hybridized carbons (Fsp3) is 0.400. The third-order valence-corrected chi connectivity index (χ3v) is 9.22. The largest absolute Gasteiger partial charge is 0.444 e. The molecule has 1 aromatic heterocycles. The van der Waals surface area contributed by atoms with Crippen LogP contribution in [0.15, 0.2) is 71.0 Å². The highest BCUT2D eigenvalue weighted by Crippen LogP contribution is 2.60. The first-order valence-corrected chi connectivity index (χ1v) is 15.6. The molecule has 208 valence electrons. The Morgan fingerprint density at radius 3 is 1.79 bits per heavy atom. The minimum Gasteiger partial charge on any atom is -0.444 e. The lowest BCUT2D eigenvalue weighted by Gasteiger charge is -2.33. The van der Waals surface area contributed by atoms with Crippen molar-refractivity contribution < 1.29 is 23.1 Å². The first-order chi connectivity index (χ1) is 18.4. The maximum absolute atomic E-state index is 14.8. The molecule has 39 heavy (non-hydrogen) atoms. The number of nitrogens with one attached hydrogen (secondary N) is 1. The molecule has 0 saturated heterocycles. The Balaban J connectivity index is 1.94. The molecule has 1 N–H and O–H groups in total. The van der Waals surface area contributed by atoms with E-state index in [4.69, 9.17) is 18.8 Å². The highest BCUT2D eigenvalue weighted by molar-refractivity contribution is 7.54. The van der Waals surface area contributed by atoms with E-state index in [0.29, 0.717) is 5.71 Å². The van der Waals surface area contributed by atoms with Crippen LogP contribution in [0.25, 0.3) is 11.1 Å². The molecule has 2 atom stereocenters. The molecule has 1 aliphatic carbocycles. The van der Waals surface area contributed by atoms with Crippen LogP contribution in [-0.2, 0) is 18.3 Å². The zero-order valence-corrected chi connectivity index (χ0v) is 25.2. The van der Waals surface area contributed by atoms with Gasteiger partial charge in [-0.3, -0.25) is 9.56 Å². The van der Waals surface area contributed by atoms with Gasteiger partial charge in [0.2, 0.25) is 0 Å². The minimum absolute atomic E-state index is 0.411. The number of amides is 1. The summed E-state index contributed by atoms with van der Waals surface area (Å²) in [5, 5.41) is 4.86. The topological polar surface area (TPSA) is 86.2 Å². The van der Waals surface area contributed by atoms with Crippen molar-refractivity contribution in [1.82, 2.24) is 5.32 Å². The van der Waals surface area contributed by atoms with Crippen molar-refractivity contribution in [2.45, 2.75) is 78.1 Å². The molecule has 9 heteroatoms. The van der Waals surface area contributed by atoms with E-state index in [1.165, 1.54) is 11.3 Å². The van der Waals surface area contributed by atoms with Gasteiger partial charge in [-0.2, -0.15) is 0 Å². The summed E-state index contributed by atoms with van der Waals surface area (Å²) in [6, 6.07) is 18.9. The zero-order valence-electron chi connectivity index (χ0n) is 23.5. The van der Waals surface area contributed by atoms with E-state index in [0.717, 1.165) is 27.1 Å². The number of hydrogen-bond acceptors (Lipinski definition) is 7. The second kappa shape index (κ2) is 11.8. The number of carbonyl (C=O) groups excluding carboxylic acids is 1. The zero-order chi connectivity index (χ0) is 28.4. The predicted molar refractivity (Wildman–Crippen MR) is 158 cm³/mol. The summed E-state index contributed by atoms with van der Waals surface area (Å²) >= 11 is 1.43. The fourth-order valence-corrected chi connectivity index (χ4v) is 7.76. The number of nitrogens with zero attached hydrogens (tertiary/aromatic N) is 1. The highest BCUT2D eigenvalue weighted by atomic mass is 32.1. The summed E-state index contributed by atoms with van der Waals surface area (Å²) < 4.78 is 32.6. The van der Waals surface area contributed by atoms with Crippen molar-refractivity contribution in [3.8, 4) is 11.1 Å². The van der Waals surface area contributed by atoms with E-state index in [1.54, 1.807) is 20.8 Å². The van der Waals surface area contributed by atoms with Gasteiger partial charge in [0, 0.05) is 16.0 Å². The van der Waals surface area contributed by atoms with Crippen LogP contribution in [0, 0.1) is 0 Å². The summed E-state index contributed by atoms with van der Waals surface area (Å²) in [4.78, 5) is 19.1. The van der Waals surface area contributed by atoms with Crippen molar-refractivity contribution >= 4 is 30.7 Å². The lowest BCUT2D eigenvalue weighted by molar-refractivity contribution is 0.0499. The number of alkyl carbamates (subject to hydrolysis) is 1. The van der Waals surface area contributed by atoms with Crippen molar-refractivity contribution in [2.75, 3.05) is 0 Å². The van der Waals surface area contributed by atoms with Crippen LogP contribution < -0.4 is 5.32 Å². The summed E-state index contributed by atoms with van der Waals surface area (Å²) in [6.45, 7) is 12.6. The molecule has 4 rings (SSSR count). The lowest BCUT2D eigenvalue weighted by Crippen LogP contribution is -2.40. The van der Waals surface area contributed by atoms with Crippen LogP contribution in [0.1, 0.15) is 70.5 Å². The molecule has 0 radical (unpaired) electrons. The molecule has 0 saturated carbocycles. The average molecular weight is 569 g/mol. The second-order valence-electron chi connectivity index (χ2n) is 11.0. The first kappa shape index (κ1) is 29.2. The molecule has 0 aliphatic heterocycles. The third kappa shape index (κ3) is 6.87. The normalized spacial score (nSPS) is 14.6. The number of thiophene rings is 1. The van der Waals surface area contributed by atoms with Gasteiger partial charge in [-0.15, -0.1) is 11.3 Å². The summed E-state index contributed by atoms with van der Waals surface area (Å²) in [7, 11) is -3.97. The van der Waals surface area contributed by atoms with Gasteiger partial charge in [0.05, 0.1) is 17.9 Å². The molecule has 1 amide bonds. The molecular weight excluding hydrogens is 531 g/mol. The van der Waals surface area contributed by atoms with E-state index in [-0.39, 0.29) is 0 Å². The number of hydrogen-bond donors (Lipinski definition) is 1. The van der Waals surface area contributed by atoms with Gasteiger partial charge in [0.25, 0.3) is 0 Å². The van der Waals surface area contributed by atoms with E-state index in [2.05, 4.69) is 17.4 Å². The van der Waals surface area contributed by atoms with Gasteiger partial charge in [0.15, 0.2) is 5.78 Å². The molecule has 1 heterocycles. The van der Waals surface area contributed by atoms with Crippen LogP contribution in [0.3, 0.4) is 0 Å². The van der Waals surface area contributed by atoms with Gasteiger partial charge in [-0.25, -0.2) is 4.79 Å². The van der Waals surface area contributed by atoms with E-state index in [1.807, 2.05) is 81.6 Å². The summed E-state index contributed by atoms with van der Waals surface area (Å²) in [6.07, 6.45) is -1.46. The van der Waals surface area contributed by atoms with Gasteiger partial charge >= 0.3 is 13.7 Å². The van der Waals surface area contributed by atoms with Crippen LogP contribution in [0.5, 0.6) is 0 Å². The van der Waals surface area contributed by atoms with Gasteiger partial charge in [0.1, 0.15) is 11.6 Å². The van der Waals surface area contributed by atoms with Gasteiger partial charge in [-0.1, -0.05) is 54.6 Å². The van der Waals surface area contributed by atoms with E-state index >= 15 is 0 Å². The van der Waals surface area contributed by atoms with Crippen LogP contribution in [0.2, 0.25) is 0 Å². The van der Waals surface area contributed by atoms with Crippen molar-refractivity contribution in [3.05, 3.63) is 82.0 Å². The molecule has 0 bridgehead atoms.